The zero-order valence-electron chi connectivity index (χ0n) is 14.1. The SMILES string of the molecule is CCNC(=O)NC(=O)[C@@H](C)Sc1nc2sc3c(c2c(=O)[nH]1)CCCC3. The smallest absolute Gasteiger partial charge is 0.321 e. The van der Waals surface area contributed by atoms with Crippen molar-refractivity contribution in [2.75, 3.05) is 6.54 Å². The van der Waals surface area contributed by atoms with E-state index in [1.54, 1.807) is 25.2 Å². The predicted octanol–water partition coefficient (Wildman–Crippen LogP) is 2.19. The van der Waals surface area contributed by atoms with E-state index in [0.717, 1.165) is 47.8 Å². The van der Waals surface area contributed by atoms with Crippen LogP contribution in [0.15, 0.2) is 9.95 Å². The number of aromatic nitrogens is 2. The summed E-state index contributed by atoms with van der Waals surface area (Å²) in [7, 11) is 0. The Kier molecular flexibility index (Phi) is 5.43. The van der Waals surface area contributed by atoms with Gasteiger partial charge in [0.2, 0.25) is 5.91 Å². The van der Waals surface area contributed by atoms with Crippen LogP contribution in [0.1, 0.15) is 37.1 Å². The van der Waals surface area contributed by atoms with E-state index in [9.17, 15) is 14.4 Å². The molecule has 1 aliphatic carbocycles. The molecule has 25 heavy (non-hydrogen) atoms. The van der Waals surface area contributed by atoms with Crippen LogP contribution in [0.3, 0.4) is 0 Å². The maximum atomic E-state index is 12.5. The second-order valence-electron chi connectivity index (χ2n) is 5.87. The molecule has 3 amide bonds. The summed E-state index contributed by atoms with van der Waals surface area (Å²) >= 11 is 2.71. The normalized spacial score (nSPS) is 14.8. The predicted molar refractivity (Wildman–Crippen MR) is 99.4 cm³/mol. The van der Waals surface area contributed by atoms with E-state index in [2.05, 4.69) is 20.6 Å². The van der Waals surface area contributed by atoms with Gasteiger partial charge < -0.3 is 10.3 Å². The van der Waals surface area contributed by atoms with E-state index in [4.69, 9.17) is 0 Å². The number of carbonyl (C=O) groups excluding carboxylic acids is 2. The molecular weight excluding hydrogens is 360 g/mol. The summed E-state index contributed by atoms with van der Waals surface area (Å²) in [5.74, 6) is -0.427. The number of urea groups is 1. The number of imide groups is 1. The van der Waals surface area contributed by atoms with Crippen LogP contribution in [0.4, 0.5) is 4.79 Å². The van der Waals surface area contributed by atoms with Crippen molar-refractivity contribution in [2.24, 2.45) is 0 Å². The molecule has 0 bridgehead atoms. The van der Waals surface area contributed by atoms with E-state index in [1.165, 1.54) is 4.88 Å². The van der Waals surface area contributed by atoms with Crippen molar-refractivity contribution < 1.29 is 9.59 Å². The number of rotatable bonds is 4. The van der Waals surface area contributed by atoms with Gasteiger partial charge in [0.25, 0.3) is 5.56 Å². The molecule has 1 atom stereocenters. The third-order valence-corrected chi connectivity index (χ3v) is 6.20. The first-order chi connectivity index (χ1) is 12.0. The highest BCUT2D eigenvalue weighted by Gasteiger charge is 2.22. The van der Waals surface area contributed by atoms with Crippen LogP contribution in [0, 0.1) is 0 Å². The molecule has 0 unspecified atom stereocenters. The van der Waals surface area contributed by atoms with Crippen LogP contribution in [0.25, 0.3) is 10.2 Å². The van der Waals surface area contributed by atoms with Gasteiger partial charge in [-0.2, -0.15) is 0 Å². The van der Waals surface area contributed by atoms with Gasteiger partial charge >= 0.3 is 6.03 Å². The van der Waals surface area contributed by atoms with Gasteiger partial charge in [0.1, 0.15) is 4.83 Å². The lowest BCUT2D eigenvalue weighted by atomic mass is 9.97. The molecule has 3 N–H and O–H groups in total. The molecule has 9 heteroatoms. The molecule has 0 radical (unpaired) electrons. The first-order valence-corrected chi connectivity index (χ1v) is 9.99. The molecule has 2 aromatic rings. The van der Waals surface area contributed by atoms with E-state index in [1.807, 2.05) is 0 Å². The highest BCUT2D eigenvalue weighted by atomic mass is 32.2. The highest BCUT2D eigenvalue weighted by Crippen LogP contribution is 2.34. The van der Waals surface area contributed by atoms with Crippen LogP contribution in [0.5, 0.6) is 0 Å². The van der Waals surface area contributed by atoms with E-state index >= 15 is 0 Å². The minimum atomic E-state index is -0.558. The maximum Gasteiger partial charge on any atom is 0.321 e. The van der Waals surface area contributed by atoms with Crippen LogP contribution < -0.4 is 16.2 Å². The van der Waals surface area contributed by atoms with Crippen molar-refractivity contribution in [3.8, 4) is 0 Å². The number of aromatic amines is 1. The average Bonchev–Trinajstić information content (AvgIpc) is 2.93. The number of hydrogen-bond acceptors (Lipinski definition) is 6. The van der Waals surface area contributed by atoms with Gasteiger partial charge in [0.15, 0.2) is 5.16 Å². The Hall–Kier alpha value is -1.87. The molecule has 0 spiro atoms. The summed E-state index contributed by atoms with van der Waals surface area (Å²) in [6, 6.07) is -0.525. The third-order valence-electron chi connectivity index (χ3n) is 4.04. The van der Waals surface area contributed by atoms with Crippen LogP contribution in [0.2, 0.25) is 0 Å². The Morgan fingerprint density at radius 2 is 2.12 bits per heavy atom. The van der Waals surface area contributed by atoms with E-state index in [0.29, 0.717) is 17.1 Å². The molecule has 2 heterocycles. The van der Waals surface area contributed by atoms with Gasteiger partial charge in [-0.05, 0) is 45.1 Å². The average molecular weight is 380 g/mol. The Morgan fingerprint density at radius 3 is 2.88 bits per heavy atom. The number of fused-ring (bicyclic) bond motifs is 3. The standard InChI is InChI=1S/C16H20N4O3S2/c1-3-17-15(23)18-12(21)8(2)24-16-19-13(22)11-9-6-4-5-7-10(9)25-14(11)20-16/h8H,3-7H2,1-2H3,(H,19,20,22)(H2,17,18,21,23)/t8-/m1/s1. The number of H-pyrrole nitrogens is 1. The van der Waals surface area contributed by atoms with Gasteiger partial charge in [-0.1, -0.05) is 11.8 Å². The number of hydrogen-bond donors (Lipinski definition) is 3. The number of nitrogens with one attached hydrogen (secondary N) is 3. The van der Waals surface area contributed by atoms with Gasteiger partial charge in [0.05, 0.1) is 10.6 Å². The zero-order chi connectivity index (χ0) is 18.0. The number of carbonyl (C=O) groups is 2. The number of thioether (sulfide) groups is 1. The molecule has 1 aliphatic rings. The van der Waals surface area contributed by atoms with E-state index < -0.39 is 17.2 Å². The molecule has 3 rings (SSSR count). The summed E-state index contributed by atoms with van der Waals surface area (Å²) in [5.41, 5.74) is 0.988. The van der Waals surface area contributed by atoms with Crippen LogP contribution in [-0.2, 0) is 17.6 Å². The van der Waals surface area contributed by atoms with Gasteiger partial charge in [0, 0.05) is 11.4 Å². The van der Waals surface area contributed by atoms with Gasteiger partial charge in [-0.15, -0.1) is 11.3 Å². The molecular formula is C16H20N4O3S2. The lowest BCUT2D eigenvalue weighted by molar-refractivity contribution is -0.119. The quantitative estimate of drug-likeness (QED) is 0.557. The molecule has 0 saturated heterocycles. The fourth-order valence-electron chi connectivity index (χ4n) is 2.84. The third kappa shape index (κ3) is 3.87. The Bertz CT molecular complexity index is 874. The number of thiophene rings is 1. The minimum Gasteiger partial charge on any atom is -0.338 e. The number of aryl methyl sites for hydroxylation is 2. The fourth-order valence-corrected chi connectivity index (χ4v) is 4.96. The summed E-state index contributed by atoms with van der Waals surface area (Å²) in [6.07, 6.45) is 4.18. The highest BCUT2D eigenvalue weighted by molar-refractivity contribution is 8.00. The summed E-state index contributed by atoms with van der Waals surface area (Å²) < 4.78 is 0. The molecule has 7 nitrogen and oxygen atoms in total. The Morgan fingerprint density at radius 1 is 1.36 bits per heavy atom. The fraction of sp³-hybridized carbons (Fsp3) is 0.500. The lowest BCUT2D eigenvalue weighted by Gasteiger charge is -2.11. The van der Waals surface area contributed by atoms with Crippen molar-refractivity contribution in [3.63, 3.8) is 0 Å². The van der Waals surface area contributed by atoms with Crippen molar-refractivity contribution in [3.05, 3.63) is 20.8 Å². The van der Waals surface area contributed by atoms with Crippen molar-refractivity contribution in [1.82, 2.24) is 20.6 Å². The minimum absolute atomic E-state index is 0.150. The molecule has 2 aromatic heterocycles. The van der Waals surface area contributed by atoms with Crippen molar-refractivity contribution in [2.45, 2.75) is 49.9 Å². The summed E-state index contributed by atoms with van der Waals surface area (Å²) in [5, 5.41) is 5.31. The molecule has 0 fully saturated rings. The largest absolute Gasteiger partial charge is 0.338 e. The second-order valence-corrected chi connectivity index (χ2v) is 8.28. The van der Waals surface area contributed by atoms with Gasteiger partial charge in [-0.3, -0.25) is 14.9 Å². The Balaban J connectivity index is 1.79. The van der Waals surface area contributed by atoms with Gasteiger partial charge in [-0.25, -0.2) is 9.78 Å². The van der Waals surface area contributed by atoms with Crippen molar-refractivity contribution in [1.29, 1.82) is 0 Å². The van der Waals surface area contributed by atoms with E-state index in [-0.39, 0.29) is 5.56 Å². The van der Waals surface area contributed by atoms with Crippen molar-refractivity contribution >= 4 is 45.3 Å². The lowest BCUT2D eigenvalue weighted by Crippen LogP contribution is -2.42. The molecule has 0 saturated carbocycles. The molecule has 0 aliphatic heterocycles. The molecule has 0 aromatic carbocycles. The number of nitrogens with zero attached hydrogens (tertiary/aromatic N) is 1. The molecule has 134 valence electrons. The van der Waals surface area contributed by atoms with Crippen LogP contribution in [-0.4, -0.2) is 33.7 Å². The maximum absolute atomic E-state index is 12.5. The second kappa shape index (κ2) is 7.57. The number of amides is 3. The summed E-state index contributed by atoms with van der Waals surface area (Å²) in [6.45, 7) is 3.88. The summed E-state index contributed by atoms with van der Waals surface area (Å²) in [4.78, 5) is 45.2. The first kappa shape index (κ1) is 17.9. The van der Waals surface area contributed by atoms with Crippen LogP contribution >= 0.6 is 23.1 Å². The monoisotopic (exact) mass is 380 g/mol. The Labute approximate surface area is 153 Å². The topological polar surface area (TPSA) is 104 Å². The first-order valence-electron chi connectivity index (χ1n) is 8.29. The zero-order valence-corrected chi connectivity index (χ0v) is 15.7.